The minimum absolute atomic E-state index is 0.0573. The summed E-state index contributed by atoms with van der Waals surface area (Å²) in [6, 6.07) is 20.7. The van der Waals surface area contributed by atoms with Gasteiger partial charge in [0.05, 0.1) is 4.90 Å². The number of amides is 1. The first-order valence-corrected chi connectivity index (χ1v) is 10.8. The number of aliphatic hydroxyl groups is 1. The average Bonchev–Trinajstić information content (AvgIpc) is 2.79. The Kier molecular flexibility index (Phi) is 5.08. The van der Waals surface area contributed by atoms with Gasteiger partial charge in [0.1, 0.15) is 5.70 Å². The van der Waals surface area contributed by atoms with Gasteiger partial charge in [0.25, 0.3) is 15.9 Å². The van der Waals surface area contributed by atoms with Crippen molar-refractivity contribution in [3.05, 3.63) is 101 Å². The van der Waals surface area contributed by atoms with Gasteiger partial charge in [0.15, 0.2) is 5.76 Å². The summed E-state index contributed by atoms with van der Waals surface area (Å²) in [6.45, 7) is 0. The van der Waals surface area contributed by atoms with Crippen molar-refractivity contribution >= 4 is 33.2 Å². The first kappa shape index (κ1) is 20.4. The molecule has 4 rings (SSSR count). The predicted octanol–water partition coefficient (Wildman–Crippen LogP) is 3.68. The van der Waals surface area contributed by atoms with E-state index in [0.717, 1.165) is 4.31 Å². The summed E-state index contributed by atoms with van der Waals surface area (Å²) in [7, 11) is -2.80. The molecule has 1 amide bonds. The molecular weight excluding hydrogens is 416 g/mol. The molecule has 0 bridgehead atoms. The number of carbonyl (C=O) groups excluding carboxylic acids is 2. The highest BCUT2D eigenvalue weighted by atomic mass is 32.2. The minimum Gasteiger partial charge on any atom is -0.505 e. The number of likely N-dealkylation sites (N-methyl/N-ethyl adjacent to an activating group) is 1. The molecule has 0 radical (unpaired) electrons. The first-order valence-electron chi connectivity index (χ1n) is 9.33. The van der Waals surface area contributed by atoms with Crippen molar-refractivity contribution < 1.29 is 23.1 Å². The molecule has 1 heterocycles. The number of benzene rings is 3. The average molecular weight is 434 g/mol. The molecule has 0 fully saturated rings. The van der Waals surface area contributed by atoms with E-state index in [-0.39, 0.29) is 27.3 Å². The van der Waals surface area contributed by atoms with E-state index in [0.29, 0.717) is 5.69 Å². The first-order chi connectivity index (χ1) is 14.8. The molecule has 3 aromatic rings. The van der Waals surface area contributed by atoms with E-state index < -0.39 is 27.5 Å². The van der Waals surface area contributed by atoms with Gasteiger partial charge in [-0.1, -0.05) is 42.5 Å². The van der Waals surface area contributed by atoms with Crippen molar-refractivity contribution in [3.8, 4) is 0 Å². The van der Waals surface area contributed by atoms with Crippen LogP contribution in [0.5, 0.6) is 0 Å². The zero-order chi connectivity index (χ0) is 22.2. The van der Waals surface area contributed by atoms with Crippen LogP contribution >= 0.6 is 0 Å². The number of hydrogen-bond acceptors (Lipinski definition) is 5. The third-order valence-electron chi connectivity index (χ3n) is 4.95. The quantitative estimate of drug-likeness (QED) is 0.610. The lowest BCUT2D eigenvalue weighted by atomic mass is 10.0. The lowest BCUT2D eigenvalue weighted by Crippen LogP contribution is -2.35. The van der Waals surface area contributed by atoms with Gasteiger partial charge in [0.2, 0.25) is 5.78 Å². The Bertz CT molecular complexity index is 1330. The maximum Gasteiger partial charge on any atom is 0.265 e. The number of nitrogens with zero attached hydrogens (tertiary/aromatic N) is 1. The Hall–Kier alpha value is -3.91. The maximum atomic E-state index is 13.2. The fourth-order valence-electron chi connectivity index (χ4n) is 3.35. The maximum absolute atomic E-state index is 13.2. The molecular formula is C23H18N2O5S. The van der Waals surface area contributed by atoms with Crippen LogP contribution in [0.25, 0.3) is 5.76 Å². The number of ketones is 1. The molecule has 2 N–H and O–H groups in total. The minimum atomic E-state index is -4.01. The van der Waals surface area contributed by atoms with Gasteiger partial charge in [-0.25, -0.2) is 8.42 Å². The highest BCUT2D eigenvalue weighted by Crippen LogP contribution is 2.35. The van der Waals surface area contributed by atoms with Crippen LogP contribution in [0.3, 0.4) is 0 Å². The van der Waals surface area contributed by atoms with Gasteiger partial charge >= 0.3 is 0 Å². The smallest absolute Gasteiger partial charge is 0.265 e. The number of carbonyl (C=O) groups is 2. The summed E-state index contributed by atoms with van der Waals surface area (Å²) in [4.78, 5) is 25.7. The van der Waals surface area contributed by atoms with Crippen LogP contribution in [0.2, 0.25) is 0 Å². The summed E-state index contributed by atoms with van der Waals surface area (Å²) in [6.07, 6.45) is 0. The normalized spacial score (nSPS) is 14.7. The Morgan fingerprint density at radius 1 is 0.871 bits per heavy atom. The van der Waals surface area contributed by atoms with E-state index >= 15 is 0 Å². The lowest BCUT2D eigenvalue weighted by molar-refractivity contribution is 0.101. The van der Waals surface area contributed by atoms with E-state index in [1.165, 1.54) is 37.4 Å². The molecule has 156 valence electrons. The van der Waals surface area contributed by atoms with E-state index in [2.05, 4.69) is 5.32 Å². The fourth-order valence-corrected chi connectivity index (χ4v) is 4.74. The standard InChI is InChI=1S/C23H18N2O5S/c1-25-20(22(27)18-12-5-6-13-19(18)31(25,29)30)21(26)15-8-7-9-16(14-15)23(28)24-17-10-3-2-4-11-17/h2-14,27H,1H3,(H,24,28). The fraction of sp³-hybridized carbons (Fsp3) is 0.0435. The second-order valence-electron chi connectivity index (χ2n) is 6.90. The summed E-state index contributed by atoms with van der Waals surface area (Å²) in [5.41, 5.74) is 0.570. The second-order valence-corrected chi connectivity index (χ2v) is 8.83. The Morgan fingerprint density at radius 3 is 2.26 bits per heavy atom. The Balaban J connectivity index is 1.72. The van der Waals surface area contributed by atoms with Gasteiger partial charge in [0, 0.05) is 29.4 Å². The largest absolute Gasteiger partial charge is 0.505 e. The van der Waals surface area contributed by atoms with Crippen LogP contribution < -0.4 is 5.32 Å². The van der Waals surface area contributed by atoms with Gasteiger partial charge < -0.3 is 10.4 Å². The number of aliphatic hydroxyl groups excluding tert-OH is 1. The molecule has 7 nitrogen and oxygen atoms in total. The number of para-hydroxylation sites is 1. The Morgan fingerprint density at radius 2 is 1.52 bits per heavy atom. The van der Waals surface area contributed by atoms with E-state index in [4.69, 9.17) is 0 Å². The second kappa shape index (κ2) is 7.73. The number of nitrogens with one attached hydrogen (secondary N) is 1. The number of allylic oxidation sites excluding steroid dienone is 1. The number of anilines is 1. The molecule has 0 aliphatic carbocycles. The summed E-state index contributed by atoms with van der Waals surface area (Å²) < 4.78 is 26.4. The topological polar surface area (TPSA) is 104 Å². The molecule has 1 aliphatic rings. The zero-order valence-corrected chi connectivity index (χ0v) is 17.3. The van der Waals surface area contributed by atoms with E-state index in [1.54, 1.807) is 42.5 Å². The third kappa shape index (κ3) is 3.57. The number of fused-ring (bicyclic) bond motifs is 1. The number of hydrogen-bond donors (Lipinski definition) is 2. The van der Waals surface area contributed by atoms with Crippen LogP contribution in [-0.4, -0.2) is 36.6 Å². The van der Waals surface area contributed by atoms with E-state index in [9.17, 15) is 23.1 Å². The van der Waals surface area contributed by atoms with Gasteiger partial charge in [-0.05, 0) is 36.4 Å². The molecule has 0 atom stereocenters. The van der Waals surface area contributed by atoms with Crippen molar-refractivity contribution in [3.63, 3.8) is 0 Å². The molecule has 0 spiro atoms. The van der Waals surface area contributed by atoms with Gasteiger partial charge in [-0.15, -0.1) is 0 Å². The zero-order valence-electron chi connectivity index (χ0n) is 16.4. The molecule has 3 aromatic carbocycles. The van der Waals surface area contributed by atoms with Gasteiger partial charge in [-0.3, -0.25) is 13.9 Å². The highest BCUT2D eigenvalue weighted by Gasteiger charge is 2.38. The molecule has 31 heavy (non-hydrogen) atoms. The summed E-state index contributed by atoms with van der Waals surface area (Å²) >= 11 is 0. The van der Waals surface area contributed by atoms with Crippen molar-refractivity contribution in [2.24, 2.45) is 0 Å². The van der Waals surface area contributed by atoms with Crippen LogP contribution in [-0.2, 0) is 10.0 Å². The molecule has 0 saturated heterocycles. The summed E-state index contributed by atoms with van der Waals surface area (Å²) in [5, 5.41) is 13.4. The summed E-state index contributed by atoms with van der Waals surface area (Å²) in [5.74, 6) is -1.57. The van der Waals surface area contributed by atoms with Crippen LogP contribution in [0.15, 0.2) is 89.5 Å². The van der Waals surface area contributed by atoms with Crippen LogP contribution in [0.1, 0.15) is 26.3 Å². The number of rotatable bonds is 4. The van der Waals surface area contributed by atoms with Crippen molar-refractivity contribution in [1.29, 1.82) is 0 Å². The lowest BCUT2D eigenvalue weighted by Gasteiger charge is -2.28. The number of sulfonamides is 1. The molecule has 0 aromatic heterocycles. The van der Waals surface area contributed by atoms with Crippen molar-refractivity contribution in [1.82, 2.24) is 4.31 Å². The highest BCUT2D eigenvalue weighted by molar-refractivity contribution is 7.89. The van der Waals surface area contributed by atoms with Crippen molar-refractivity contribution in [2.75, 3.05) is 12.4 Å². The van der Waals surface area contributed by atoms with Crippen LogP contribution in [0, 0.1) is 0 Å². The van der Waals surface area contributed by atoms with Crippen LogP contribution in [0.4, 0.5) is 5.69 Å². The molecule has 0 unspecified atom stereocenters. The van der Waals surface area contributed by atoms with Gasteiger partial charge in [-0.2, -0.15) is 0 Å². The number of Topliss-reactive ketones (excluding diaryl/α,β-unsaturated/α-hetero) is 1. The molecule has 1 aliphatic heterocycles. The monoisotopic (exact) mass is 434 g/mol. The predicted molar refractivity (Wildman–Crippen MR) is 116 cm³/mol. The molecule has 0 saturated carbocycles. The molecule has 8 heteroatoms. The van der Waals surface area contributed by atoms with Crippen molar-refractivity contribution in [2.45, 2.75) is 4.90 Å². The Labute approximate surface area is 179 Å². The third-order valence-corrected chi connectivity index (χ3v) is 6.77. The SMILES string of the molecule is CN1C(C(=O)c2cccc(C(=O)Nc3ccccc3)c2)=C(O)c2ccccc2S1(=O)=O. The van der Waals surface area contributed by atoms with E-state index in [1.807, 2.05) is 6.07 Å².